The van der Waals surface area contributed by atoms with Gasteiger partial charge in [-0.25, -0.2) is 15.0 Å². The lowest BCUT2D eigenvalue weighted by atomic mass is 10.2. The molecule has 4 aromatic rings. The fourth-order valence-electron chi connectivity index (χ4n) is 2.09. The molecule has 8 heteroatoms. The van der Waals surface area contributed by atoms with Crippen LogP contribution in [-0.4, -0.2) is 30.1 Å². The molecule has 2 N–H and O–H groups in total. The summed E-state index contributed by atoms with van der Waals surface area (Å²) in [4.78, 5) is 19.7. The van der Waals surface area contributed by atoms with Crippen LogP contribution in [0, 0.1) is 0 Å². The van der Waals surface area contributed by atoms with Gasteiger partial charge in [0.2, 0.25) is 0 Å². The summed E-state index contributed by atoms with van der Waals surface area (Å²) in [6, 6.07) is 9.63. The van der Waals surface area contributed by atoms with Gasteiger partial charge in [-0.15, -0.1) is 0 Å². The van der Waals surface area contributed by atoms with Crippen molar-refractivity contribution in [1.82, 2.24) is 30.1 Å². The van der Waals surface area contributed by atoms with E-state index in [9.17, 15) is 0 Å². The van der Waals surface area contributed by atoms with E-state index in [1.54, 1.807) is 6.33 Å². The van der Waals surface area contributed by atoms with Crippen LogP contribution in [0.4, 0.5) is 5.82 Å². The summed E-state index contributed by atoms with van der Waals surface area (Å²) in [5.41, 5.74) is 2.24. The van der Waals surface area contributed by atoms with Gasteiger partial charge in [0.15, 0.2) is 17.3 Å². The Morgan fingerprint density at radius 1 is 1.09 bits per heavy atom. The number of aromatic amines is 1. The Kier molecular flexibility index (Phi) is 2.97. The van der Waals surface area contributed by atoms with Crippen LogP contribution in [0.25, 0.3) is 22.6 Å². The van der Waals surface area contributed by atoms with Crippen molar-refractivity contribution in [3.8, 4) is 11.5 Å². The van der Waals surface area contributed by atoms with Gasteiger partial charge < -0.3 is 14.8 Å². The Morgan fingerprint density at radius 2 is 2.00 bits per heavy atom. The zero-order valence-electron chi connectivity index (χ0n) is 11.4. The van der Waals surface area contributed by atoms with Crippen LogP contribution in [0.3, 0.4) is 0 Å². The van der Waals surface area contributed by atoms with Gasteiger partial charge in [0.1, 0.15) is 11.8 Å². The van der Waals surface area contributed by atoms with Crippen molar-refractivity contribution in [2.24, 2.45) is 0 Å². The van der Waals surface area contributed by atoms with Crippen LogP contribution in [0.2, 0.25) is 0 Å². The zero-order valence-corrected chi connectivity index (χ0v) is 11.4. The van der Waals surface area contributed by atoms with Crippen molar-refractivity contribution in [3.05, 3.63) is 48.8 Å². The molecule has 0 atom stereocenters. The Balaban J connectivity index is 1.53. The standard InChI is InChI=1S/C14H11N7O/c1-2-4-9(5-3-1)14-20-10(21-22-14)6-15-12-11-13(17-7-16-11)19-8-18-12/h1-5,7-8H,6H2,(H2,15,16,17,18,19). The number of hydrogen-bond acceptors (Lipinski definition) is 7. The summed E-state index contributed by atoms with van der Waals surface area (Å²) < 4.78 is 5.26. The Labute approximate surface area is 124 Å². The van der Waals surface area contributed by atoms with Crippen LogP contribution in [0.5, 0.6) is 0 Å². The van der Waals surface area contributed by atoms with Crippen molar-refractivity contribution in [3.63, 3.8) is 0 Å². The number of fused-ring (bicyclic) bond motifs is 1. The predicted octanol–water partition coefficient (Wildman–Crippen LogP) is 2.01. The average molecular weight is 293 g/mol. The number of imidazole rings is 1. The third-order valence-electron chi connectivity index (χ3n) is 3.13. The molecule has 3 aromatic heterocycles. The van der Waals surface area contributed by atoms with Crippen LogP contribution in [0.1, 0.15) is 5.82 Å². The summed E-state index contributed by atoms with van der Waals surface area (Å²) in [5.74, 6) is 1.69. The highest BCUT2D eigenvalue weighted by molar-refractivity contribution is 5.81. The molecule has 0 unspecified atom stereocenters. The second kappa shape index (κ2) is 5.24. The van der Waals surface area contributed by atoms with E-state index in [2.05, 4.69) is 35.4 Å². The minimum atomic E-state index is 0.390. The smallest absolute Gasteiger partial charge is 0.257 e. The molecule has 0 fully saturated rings. The van der Waals surface area contributed by atoms with Crippen LogP contribution in [0.15, 0.2) is 47.5 Å². The second-order valence-electron chi connectivity index (χ2n) is 4.56. The Morgan fingerprint density at radius 3 is 2.91 bits per heavy atom. The summed E-state index contributed by atoms with van der Waals surface area (Å²) in [6.45, 7) is 0.390. The van der Waals surface area contributed by atoms with Gasteiger partial charge in [-0.1, -0.05) is 23.4 Å². The number of rotatable bonds is 4. The topological polar surface area (TPSA) is 105 Å². The van der Waals surface area contributed by atoms with Crippen molar-refractivity contribution < 1.29 is 4.52 Å². The van der Waals surface area contributed by atoms with Gasteiger partial charge in [-0.3, -0.25) is 0 Å². The molecule has 0 radical (unpaired) electrons. The number of anilines is 1. The van der Waals surface area contributed by atoms with Gasteiger partial charge >= 0.3 is 0 Å². The number of H-pyrrole nitrogens is 1. The van der Waals surface area contributed by atoms with Crippen molar-refractivity contribution in [2.45, 2.75) is 6.54 Å². The van der Waals surface area contributed by atoms with E-state index in [1.807, 2.05) is 30.3 Å². The largest absolute Gasteiger partial charge is 0.361 e. The summed E-state index contributed by atoms with van der Waals surface area (Å²) in [5, 5.41) is 7.10. The number of nitrogens with one attached hydrogen (secondary N) is 2. The van der Waals surface area contributed by atoms with E-state index >= 15 is 0 Å². The summed E-state index contributed by atoms with van der Waals surface area (Å²) >= 11 is 0. The summed E-state index contributed by atoms with van der Waals surface area (Å²) in [6.07, 6.45) is 3.03. The maximum atomic E-state index is 5.26. The molecular formula is C14H11N7O. The maximum absolute atomic E-state index is 5.26. The Hall–Kier alpha value is -3.29. The highest BCUT2D eigenvalue weighted by atomic mass is 16.5. The number of aromatic nitrogens is 6. The molecule has 0 aliphatic rings. The third-order valence-corrected chi connectivity index (χ3v) is 3.13. The first-order chi connectivity index (χ1) is 10.9. The van der Waals surface area contributed by atoms with Crippen molar-refractivity contribution >= 4 is 17.0 Å². The van der Waals surface area contributed by atoms with E-state index in [-0.39, 0.29) is 0 Å². The normalized spacial score (nSPS) is 10.9. The van der Waals surface area contributed by atoms with E-state index in [0.29, 0.717) is 29.7 Å². The van der Waals surface area contributed by atoms with E-state index in [0.717, 1.165) is 11.1 Å². The highest BCUT2D eigenvalue weighted by Gasteiger charge is 2.10. The van der Waals surface area contributed by atoms with Crippen molar-refractivity contribution in [1.29, 1.82) is 0 Å². The minimum Gasteiger partial charge on any atom is -0.361 e. The van der Waals surface area contributed by atoms with Crippen LogP contribution in [-0.2, 0) is 6.54 Å². The molecule has 0 saturated carbocycles. The zero-order chi connectivity index (χ0) is 14.8. The fourth-order valence-corrected chi connectivity index (χ4v) is 2.09. The van der Waals surface area contributed by atoms with Gasteiger partial charge in [-0.2, -0.15) is 4.98 Å². The molecule has 0 aliphatic heterocycles. The lowest BCUT2D eigenvalue weighted by Gasteiger charge is -2.02. The fraction of sp³-hybridized carbons (Fsp3) is 0.0714. The number of hydrogen-bond donors (Lipinski definition) is 2. The lowest BCUT2D eigenvalue weighted by Crippen LogP contribution is -2.04. The summed E-state index contributed by atoms with van der Waals surface area (Å²) in [7, 11) is 0. The maximum Gasteiger partial charge on any atom is 0.257 e. The monoisotopic (exact) mass is 293 g/mol. The molecule has 3 heterocycles. The van der Waals surface area contributed by atoms with Crippen LogP contribution < -0.4 is 5.32 Å². The first kappa shape index (κ1) is 12.5. The average Bonchev–Trinajstić information content (AvgIpc) is 3.23. The van der Waals surface area contributed by atoms with E-state index < -0.39 is 0 Å². The van der Waals surface area contributed by atoms with E-state index in [1.165, 1.54) is 6.33 Å². The molecule has 0 amide bonds. The minimum absolute atomic E-state index is 0.390. The van der Waals surface area contributed by atoms with Gasteiger partial charge in [0.25, 0.3) is 5.89 Å². The lowest BCUT2D eigenvalue weighted by molar-refractivity contribution is 0.423. The molecule has 8 nitrogen and oxygen atoms in total. The molecule has 0 aliphatic carbocycles. The molecular weight excluding hydrogens is 282 g/mol. The van der Waals surface area contributed by atoms with E-state index in [4.69, 9.17) is 4.52 Å². The molecule has 1 aromatic carbocycles. The highest BCUT2D eigenvalue weighted by Crippen LogP contribution is 2.18. The van der Waals surface area contributed by atoms with Crippen LogP contribution >= 0.6 is 0 Å². The second-order valence-corrected chi connectivity index (χ2v) is 4.56. The van der Waals surface area contributed by atoms with Crippen molar-refractivity contribution in [2.75, 3.05) is 5.32 Å². The molecule has 0 spiro atoms. The molecule has 4 rings (SSSR count). The molecule has 0 saturated heterocycles. The first-order valence-electron chi connectivity index (χ1n) is 6.66. The number of nitrogens with zero attached hydrogens (tertiary/aromatic N) is 5. The third kappa shape index (κ3) is 2.26. The Bertz CT molecular complexity index is 900. The number of benzene rings is 1. The molecule has 22 heavy (non-hydrogen) atoms. The first-order valence-corrected chi connectivity index (χ1v) is 6.66. The SMILES string of the molecule is c1ccc(-c2nc(CNc3ncnc4nc[nH]c34)no2)cc1. The van der Waals surface area contributed by atoms with Gasteiger partial charge in [0, 0.05) is 5.56 Å². The quantitative estimate of drug-likeness (QED) is 0.593. The predicted molar refractivity (Wildman–Crippen MR) is 78.7 cm³/mol. The molecule has 108 valence electrons. The van der Waals surface area contributed by atoms with Gasteiger partial charge in [-0.05, 0) is 12.1 Å². The van der Waals surface area contributed by atoms with Gasteiger partial charge in [0.05, 0.1) is 12.9 Å². The molecule has 0 bridgehead atoms.